The molecule has 0 amide bonds. The van der Waals surface area contributed by atoms with Gasteiger partial charge in [-0.15, -0.1) is 0 Å². The van der Waals surface area contributed by atoms with Gasteiger partial charge in [-0.25, -0.2) is 0 Å². The van der Waals surface area contributed by atoms with Gasteiger partial charge in [0.25, 0.3) is 0 Å². The van der Waals surface area contributed by atoms with Gasteiger partial charge in [0.15, 0.2) is 5.17 Å². The summed E-state index contributed by atoms with van der Waals surface area (Å²) in [4.78, 5) is 4.46. The van der Waals surface area contributed by atoms with Crippen molar-refractivity contribution in [3.8, 4) is 0 Å². The van der Waals surface area contributed by atoms with Gasteiger partial charge < -0.3 is 5.32 Å². The van der Waals surface area contributed by atoms with Crippen molar-refractivity contribution in [2.45, 2.75) is 13.0 Å². The lowest BCUT2D eigenvalue weighted by Crippen LogP contribution is -2.05. The van der Waals surface area contributed by atoms with Crippen molar-refractivity contribution in [1.29, 1.82) is 0 Å². The molecular weight excluding hydrogens is 343 g/mol. The predicted octanol–water partition coefficient (Wildman–Crippen LogP) is 3.85. The summed E-state index contributed by atoms with van der Waals surface area (Å²) in [6.07, 6.45) is 0. The maximum Gasteiger partial charge on any atom is 0.161 e. The predicted molar refractivity (Wildman–Crippen MR) is 77.1 cm³/mol. The molecule has 0 fully saturated rings. The van der Waals surface area contributed by atoms with Crippen molar-refractivity contribution in [3.05, 3.63) is 26.8 Å². The zero-order valence-electron chi connectivity index (χ0n) is 8.13. The van der Waals surface area contributed by atoms with Crippen LogP contribution in [0.25, 0.3) is 0 Å². The van der Waals surface area contributed by atoms with Crippen molar-refractivity contribution >= 4 is 56.8 Å². The fraction of sp³-hybridized carbons (Fsp3) is 0.300. The number of amidine groups is 1. The molecule has 1 aromatic rings. The molecule has 0 saturated carbocycles. The summed E-state index contributed by atoms with van der Waals surface area (Å²) in [5, 5.41) is 4.95. The van der Waals surface area contributed by atoms with E-state index < -0.39 is 0 Å². The number of halogens is 2. The molecule has 1 aromatic carbocycles. The third kappa shape index (κ3) is 3.01. The molecule has 0 aliphatic carbocycles. The Labute approximate surface area is 112 Å². The average Bonchev–Trinajstić information content (AvgIpc) is 2.56. The fourth-order valence-corrected chi connectivity index (χ4v) is 3.06. The van der Waals surface area contributed by atoms with Crippen LogP contribution in [-0.2, 0) is 0 Å². The Bertz CT molecular complexity index is 408. The number of thioether (sulfide) groups is 1. The minimum atomic E-state index is 0.403. The second-order valence-corrected chi connectivity index (χ2v) is 6.00. The molecule has 2 nitrogen and oxygen atoms in total. The van der Waals surface area contributed by atoms with Crippen LogP contribution >= 0.6 is 46.0 Å². The van der Waals surface area contributed by atoms with E-state index in [2.05, 4.69) is 39.8 Å². The van der Waals surface area contributed by atoms with Gasteiger partial charge in [-0.1, -0.05) is 23.4 Å². The highest BCUT2D eigenvalue weighted by Gasteiger charge is 2.14. The molecule has 0 saturated heterocycles. The molecular formula is C10H10ClIN2S. The molecule has 1 atom stereocenters. The number of nitrogens with one attached hydrogen (secondary N) is 1. The molecule has 1 N–H and O–H groups in total. The molecule has 1 heterocycles. The largest absolute Gasteiger partial charge is 0.334 e. The van der Waals surface area contributed by atoms with Crippen molar-refractivity contribution in [2.24, 2.45) is 4.99 Å². The minimum absolute atomic E-state index is 0.403. The van der Waals surface area contributed by atoms with Crippen LogP contribution in [0.4, 0.5) is 5.69 Å². The Balaban J connectivity index is 2.14. The fourth-order valence-electron chi connectivity index (χ4n) is 1.25. The number of rotatable bonds is 1. The molecule has 0 bridgehead atoms. The van der Waals surface area contributed by atoms with Crippen molar-refractivity contribution in [3.63, 3.8) is 0 Å². The maximum absolute atomic E-state index is 6.11. The third-order valence-corrected chi connectivity index (χ3v) is 4.09. The first-order valence-electron chi connectivity index (χ1n) is 4.58. The topological polar surface area (TPSA) is 24.4 Å². The molecule has 1 aliphatic rings. The zero-order chi connectivity index (χ0) is 10.8. The molecule has 80 valence electrons. The van der Waals surface area contributed by atoms with Gasteiger partial charge in [-0.2, -0.15) is 0 Å². The Morgan fingerprint density at radius 1 is 1.60 bits per heavy atom. The first kappa shape index (κ1) is 11.5. The molecule has 0 aromatic heterocycles. The maximum atomic E-state index is 6.11. The highest BCUT2D eigenvalue weighted by atomic mass is 127. The van der Waals surface area contributed by atoms with Crippen LogP contribution in [0.5, 0.6) is 0 Å². The van der Waals surface area contributed by atoms with Crippen LogP contribution in [0.1, 0.15) is 6.92 Å². The monoisotopic (exact) mass is 352 g/mol. The first-order valence-corrected chi connectivity index (χ1v) is 7.02. The number of aliphatic imine (C=N–C) groups is 1. The van der Waals surface area contributed by atoms with Gasteiger partial charge in [0.05, 0.1) is 16.8 Å². The molecule has 1 aliphatic heterocycles. The lowest BCUT2D eigenvalue weighted by molar-refractivity contribution is 0.865. The minimum Gasteiger partial charge on any atom is -0.334 e. The van der Waals surface area contributed by atoms with E-state index in [1.807, 2.05) is 18.2 Å². The number of hydrogen-bond donors (Lipinski definition) is 1. The summed E-state index contributed by atoms with van der Waals surface area (Å²) in [7, 11) is 0. The lowest BCUT2D eigenvalue weighted by atomic mass is 10.3. The standard InChI is InChI=1S/C10H10ClIN2S/c1-6-5-15-10(13-6)14-9-3-2-7(12)4-8(9)11/h2-4,6H,5H2,1H3,(H,13,14). The van der Waals surface area contributed by atoms with Crippen LogP contribution in [0, 0.1) is 3.57 Å². The Morgan fingerprint density at radius 3 is 3.00 bits per heavy atom. The molecule has 1 unspecified atom stereocenters. The summed E-state index contributed by atoms with van der Waals surface area (Å²) in [6.45, 7) is 2.11. The number of hydrogen-bond acceptors (Lipinski definition) is 3. The van der Waals surface area contributed by atoms with E-state index in [4.69, 9.17) is 11.6 Å². The van der Waals surface area contributed by atoms with E-state index in [-0.39, 0.29) is 0 Å². The summed E-state index contributed by atoms with van der Waals surface area (Å²) >= 11 is 10.1. The Hall–Kier alpha value is 0.0600. The SMILES string of the molecule is CC1CSC(Nc2ccc(I)cc2Cl)=N1. The van der Waals surface area contributed by atoms with Gasteiger partial charge in [0, 0.05) is 9.32 Å². The van der Waals surface area contributed by atoms with E-state index >= 15 is 0 Å². The molecule has 5 heteroatoms. The molecule has 15 heavy (non-hydrogen) atoms. The Morgan fingerprint density at radius 2 is 2.40 bits per heavy atom. The Kier molecular flexibility index (Phi) is 3.79. The number of nitrogens with zero attached hydrogens (tertiary/aromatic N) is 1. The van der Waals surface area contributed by atoms with Crippen molar-refractivity contribution < 1.29 is 0 Å². The van der Waals surface area contributed by atoms with Crippen LogP contribution in [0.15, 0.2) is 23.2 Å². The normalized spacial score (nSPS) is 20.2. The van der Waals surface area contributed by atoms with Gasteiger partial charge in [0.1, 0.15) is 0 Å². The quantitative estimate of drug-likeness (QED) is 0.777. The smallest absolute Gasteiger partial charge is 0.161 e. The number of benzene rings is 1. The van der Waals surface area contributed by atoms with Crippen LogP contribution in [0.3, 0.4) is 0 Å². The van der Waals surface area contributed by atoms with Gasteiger partial charge in [-0.05, 0) is 47.7 Å². The van der Waals surface area contributed by atoms with Crippen molar-refractivity contribution in [2.75, 3.05) is 11.1 Å². The van der Waals surface area contributed by atoms with Crippen molar-refractivity contribution in [1.82, 2.24) is 0 Å². The van der Waals surface area contributed by atoms with Gasteiger partial charge in [0.2, 0.25) is 0 Å². The zero-order valence-corrected chi connectivity index (χ0v) is 11.9. The second-order valence-electron chi connectivity index (χ2n) is 3.34. The highest BCUT2D eigenvalue weighted by Crippen LogP contribution is 2.26. The van der Waals surface area contributed by atoms with Gasteiger partial charge in [-0.3, -0.25) is 4.99 Å². The highest BCUT2D eigenvalue weighted by molar-refractivity contribution is 14.1. The van der Waals surface area contributed by atoms with E-state index in [0.29, 0.717) is 6.04 Å². The first-order chi connectivity index (χ1) is 7.15. The summed E-state index contributed by atoms with van der Waals surface area (Å²) in [5.41, 5.74) is 0.928. The van der Waals surface area contributed by atoms with E-state index in [9.17, 15) is 0 Å². The molecule has 0 spiro atoms. The van der Waals surface area contributed by atoms with E-state index in [1.54, 1.807) is 11.8 Å². The van der Waals surface area contributed by atoms with E-state index in [1.165, 1.54) is 0 Å². The third-order valence-electron chi connectivity index (χ3n) is 1.97. The van der Waals surface area contributed by atoms with Crippen LogP contribution in [-0.4, -0.2) is 17.0 Å². The van der Waals surface area contributed by atoms with Crippen LogP contribution < -0.4 is 5.32 Å². The second kappa shape index (κ2) is 4.93. The molecule has 0 radical (unpaired) electrons. The van der Waals surface area contributed by atoms with Crippen LogP contribution in [0.2, 0.25) is 5.02 Å². The van der Waals surface area contributed by atoms with Gasteiger partial charge >= 0.3 is 0 Å². The lowest BCUT2D eigenvalue weighted by Gasteiger charge is -2.07. The summed E-state index contributed by atoms with van der Waals surface area (Å²) in [6, 6.07) is 6.35. The summed E-state index contributed by atoms with van der Waals surface area (Å²) < 4.78 is 1.14. The summed E-state index contributed by atoms with van der Waals surface area (Å²) in [5.74, 6) is 1.05. The average molecular weight is 353 g/mol. The van der Waals surface area contributed by atoms with E-state index in [0.717, 1.165) is 25.2 Å². The molecule has 2 rings (SSSR count). The number of anilines is 1.